The van der Waals surface area contributed by atoms with Gasteiger partial charge in [-0.15, -0.1) is 10.2 Å². The first-order chi connectivity index (χ1) is 17.6. The molecule has 0 saturated carbocycles. The van der Waals surface area contributed by atoms with E-state index < -0.39 is 0 Å². The highest BCUT2D eigenvalue weighted by atomic mass is 32.2. The average molecular weight is 501 g/mol. The molecule has 0 saturated heterocycles. The van der Waals surface area contributed by atoms with Gasteiger partial charge in [0.05, 0.1) is 24.9 Å². The van der Waals surface area contributed by atoms with Crippen LogP contribution in [0.25, 0.3) is 33.5 Å². The Balaban J connectivity index is 1.57. The maximum Gasteiger partial charge on any atom is 0.191 e. The van der Waals surface area contributed by atoms with Crippen LogP contribution in [0.2, 0.25) is 0 Å². The zero-order valence-electron chi connectivity index (χ0n) is 20.2. The minimum Gasteiger partial charge on any atom is -0.497 e. The maximum absolute atomic E-state index is 13.6. The van der Waals surface area contributed by atoms with Crippen molar-refractivity contribution in [2.24, 2.45) is 7.05 Å². The number of ether oxygens (including phenoxy) is 2. The molecule has 0 aliphatic rings. The molecule has 0 fully saturated rings. The Morgan fingerprint density at radius 3 is 2.50 bits per heavy atom. The van der Waals surface area contributed by atoms with E-state index in [1.54, 1.807) is 13.2 Å². The monoisotopic (exact) mass is 500 g/mol. The third-order valence-electron chi connectivity index (χ3n) is 5.81. The Morgan fingerprint density at radius 1 is 0.944 bits per heavy atom. The predicted octanol–water partition coefficient (Wildman–Crippen LogP) is 6.54. The maximum atomic E-state index is 13.6. The van der Waals surface area contributed by atoms with E-state index in [2.05, 4.69) is 10.2 Å². The van der Waals surface area contributed by atoms with Gasteiger partial charge in [0, 0.05) is 29.3 Å². The third-order valence-corrected chi connectivity index (χ3v) is 6.90. The summed E-state index contributed by atoms with van der Waals surface area (Å²) in [4.78, 5) is 4.91. The molecular weight excluding hydrogens is 475 g/mol. The number of halogens is 1. The summed E-state index contributed by atoms with van der Waals surface area (Å²) in [5, 5.41) is 10.6. The second-order valence-electron chi connectivity index (χ2n) is 8.18. The standard InChI is InChI=1S/C28H25FN4O2S/c1-4-35-22-12-13-25-23(15-22)24(16-26(30-25)19-8-10-21(34-3)11-9-19)27-31-32-28(33(27)2)36-17-18-6-5-7-20(29)14-18/h5-16H,4,17H2,1-3H3. The molecule has 0 N–H and O–H groups in total. The molecule has 2 aromatic heterocycles. The number of nitrogens with zero attached hydrogens (tertiary/aromatic N) is 4. The van der Waals surface area contributed by atoms with Crippen LogP contribution >= 0.6 is 11.8 Å². The number of benzene rings is 3. The summed E-state index contributed by atoms with van der Waals surface area (Å²) < 4.78 is 26.6. The quantitative estimate of drug-likeness (QED) is 0.226. The van der Waals surface area contributed by atoms with E-state index in [1.165, 1.54) is 23.9 Å². The fourth-order valence-electron chi connectivity index (χ4n) is 4.01. The van der Waals surface area contributed by atoms with Crippen LogP contribution in [-0.4, -0.2) is 33.5 Å². The van der Waals surface area contributed by atoms with Crippen molar-refractivity contribution in [1.29, 1.82) is 0 Å². The number of thioether (sulfide) groups is 1. The molecule has 8 heteroatoms. The molecule has 0 atom stereocenters. The fraction of sp³-hybridized carbons (Fsp3) is 0.179. The van der Waals surface area contributed by atoms with Gasteiger partial charge >= 0.3 is 0 Å². The minimum absolute atomic E-state index is 0.244. The summed E-state index contributed by atoms with van der Waals surface area (Å²) >= 11 is 1.51. The van der Waals surface area contributed by atoms with Gasteiger partial charge < -0.3 is 14.0 Å². The van der Waals surface area contributed by atoms with Gasteiger partial charge in [-0.1, -0.05) is 23.9 Å². The average Bonchev–Trinajstić information content (AvgIpc) is 3.27. The summed E-state index contributed by atoms with van der Waals surface area (Å²) in [7, 11) is 3.59. The third kappa shape index (κ3) is 4.90. The highest BCUT2D eigenvalue weighted by Gasteiger charge is 2.17. The van der Waals surface area contributed by atoms with Gasteiger partial charge in [-0.05, 0) is 73.2 Å². The molecule has 3 aromatic carbocycles. The normalized spacial score (nSPS) is 11.1. The lowest BCUT2D eigenvalue weighted by molar-refractivity contribution is 0.340. The van der Waals surface area contributed by atoms with Crippen molar-refractivity contribution in [2.45, 2.75) is 17.8 Å². The van der Waals surface area contributed by atoms with Crippen LogP contribution in [0.3, 0.4) is 0 Å². The van der Waals surface area contributed by atoms with Gasteiger partial charge in [-0.3, -0.25) is 0 Å². The van der Waals surface area contributed by atoms with Crippen molar-refractivity contribution in [2.75, 3.05) is 13.7 Å². The van der Waals surface area contributed by atoms with Crippen molar-refractivity contribution < 1.29 is 13.9 Å². The van der Waals surface area contributed by atoms with E-state index >= 15 is 0 Å². The molecule has 36 heavy (non-hydrogen) atoms. The highest BCUT2D eigenvalue weighted by Crippen LogP contribution is 2.35. The molecule has 0 radical (unpaired) electrons. The second-order valence-corrected chi connectivity index (χ2v) is 9.12. The SMILES string of the molecule is CCOc1ccc2nc(-c3ccc(OC)cc3)cc(-c3nnc(SCc4cccc(F)c4)n3C)c2c1. The number of hydrogen-bond donors (Lipinski definition) is 0. The van der Waals surface area contributed by atoms with Gasteiger partial charge in [0.2, 0.25) is 0 Å². The van der Waals surface area contributed by atoms with E-state index in [0.29, 0.717) is 18.2 Å². The number of methoxy groups -OCH3 is 1. The first kappa shape index (κ1) is 23.8. The fourth-order valence-corrected chi connectivity index (χ4v) is 4.86. The Kier molecular flexibility index (Phi) is 6.86. The van der Waals surface area contributed by atoms with Gasteiger partial charge in [0.15, 0.2) is 11.0 Å². The van der Waals surface area contributed by atoms with E-state index in [9.17, 15) is 4.39 Å². The zero-order chi connectivity index (χ0) is 25.1. The van der Waals surface area contributed by atoms with Crippen molar-refractivity contribution in [3.05, 3.63) is 84.2 Å². The van der Waals surface area contributed by atoms with E-state index in [1.807, 2.05) is 73.1 Å². The largest absolute Gasteiger partial charge is 0.497 e. The smallest absolute Gasteiger partial charge is 0.191 e. The number of aromatic nitrogens is 4. The van der Waals surface area contributed by atoms with Gasteiger partial charge in [0.25, 0.3) is 0 Å². The first-order valence-electron chi connectivity index (χ1n) is 11.5. The summed E-state index contributed by atoms with van der Waals surface area (Å²) in [6, 6.07) is 22.3. The van der Waals surface area contributed by atoms with Crippen molar-refractivity contribution in [3.8, 4) is 34.1 Å². The topological polar surface area (TPSA) is 62.1 Å². The zero-order valence-corrected chi connectivity index (χ0v) is 21.1. The predicted molar refractivity (Wildman–Crippen MR) is 141 cm³/mol. The molecule has 5 aromatic rings. The Labute approximate surface area is 213 Å². The van der Waals surface area contributed by atoms with E-state index in [-0.39, 0.29) is 5.82 Å². The van der Waals surface area contributed by atoms with Crippen LogP contribution in [-0.2, 0) is 12.8 Å². The molecule has 6 nitrogen and oxygen atoms in total. The molecule has 0 aliphatic carbocycles. The Hall–Kier alpha value is -3.91. The molecule has 2 heterocycles. The number of pyridine rings is 1. The summed E-state index contributed by atoms with van der Waals surface area (Å²) in [6.07, 6.45) is 0. The van der Waals surface area contributed by atoms with Crippen LogP contribution in [0.15, 0.2) is 78.0 Å². The molecule has 0 bridgehead atoms. The van der Waals surface area contributed by atoms with Crippen LogP contribution in [0.4, 0.5) is 4.39 Å². The van der Waals surface area contributed by atoms with Crippen LogP contribution < -0.4 is 9.47 Å². The van der Waals surface area contributed by atoms with E-state index in [4.69, 9.17) is 14.5 Å². The summed E-state index contributed by atoms with van der Waals surface area (Å²) in [6.45, 7) is 2.53. The van der Waals surface area contributed by atoms with Gasteiger partial charge in [0.1, 0.15) is 17.3 Å². The lowest BCUT2D eigenvalue weighted by Gasteiger charge is -2.12. The minimum atomic E-state index is -0.244. The molecular formula is C28H25FN4O2S. The van der Waals surface area contributed by atoms with Crippen LogP contribution in [0, 0.1) is 5.82 Å². The van der Waals surface area contributed by atoms with Crippen LogP contribution in [0.1, 0.15) is 12.5 Å². The van der Waals surface area contributed by atoms with Crippen LogP contribution in [0.5, 0.6) is 11.5 Å². The van der Waals surface area contributed by atoms with Gasteiger partial charge in [-0.25, -0.2) is 9.37 Å². The molecule has 5 rings (SSSR count). The van der Waals surface area contributed by atoms with Gasteiger partial charge in [-0.2, -0.15) is 0 Å². The lowest BCUT2D eigenvalue weighted by atomic mass is 10.0. The first-order valence-corrected chi connectivity index (χ1v) is 12.5. The molecule has 0 unspecified atom stereocenters. The summed E-state index contributed by atoms with van der Waals surface area (Å²) in [5.41, 5.74) is 4.41. The Morgan fingerprint density at radius 2 is 1.75 bits per heavy atom. The summed E-state index contributed by atoms with van der Waals surface area (Å²) in [5.74, 6) is 2.62. The highest BCUT2D eigenvalue weighted by molar-refractivity contribution is 7.98. The lowest BCUT2D eigenvalue weighted by Crippen LogP contribution is -1.98. The van der Waals surface area contributed by atoms with Crippen molar-refractivity contribution in [3.63, 3.8) is 0 Å². The van der Waals surface area contributed by atoms with E-state index in [0.717, 1.165) is 49.9 Å². The molecule has 0 aliphatic heterocycles. The molecule has 0 spiro atoms. The number of fused-ring (bicyclic) bond motifs is 1. The number of hydrogen-bond acceptors (Lipinski definition) is 6. The van der Waals surface area contributed by atoms with Crippen molar-refractivity contribution in [1.82, 2.24) is 19.7 Å². The molecule has 182 valence electrons. The number of rotatable bonds is 8. The Bertz CT molecular complexity index is 1520. The second kappa shape index (κ2) is 10.4. The van der Waals surface area contributed by atoms with Crippen molar-refractivity contribution >= 4 is 22.7 Å². The molecule has 0 amide bonds.